The monoisotopic (exact) mass is 501 g/mol. The maximum absolute atomic E-state index is 13.1. The number of carbonyl (C=O) groups excluding carboxylic acids is 1. The summed E-state index contributed by atoms with van der Waals surface area (Å²) in [6.07, 6.45) is 0. The second kappa shape index (κ2) is 8.03. The largest absolute Gasteiger partial charge is 0.361 e. The van der Waals surface area contributed by atoms with Crippen LogP contribution in [-0.2, 0) is 14.9 Å². The average molecular weight is 502 g/mol. The van der Waals surface area contributed by atoms with Crippen LogP contribution in [0.1, 0.15) is 19.4 Å². The highest BCUT2D eigenvalue weighted by Crippen LogP contribution is 2.43. The number of ether oxygens (including phenoxy) is 1. The number of halogens is 1. The number of rotatable bonds is 7. The molecule has 0 unspecified atom stereocenters. The first-order valence-corrected chi connectivity index (χ1v) is 14.9. The fraction of sp³-hybridized carbons (Fsp3) is 0.409. The summed E-state index contributed by atoms with van der Waals surface area (Å²) < 4.78 is 8.46. The predicted molar refractivity (Wildman–Crippen MR) is 130 cm³/mol. The van der Waals surface area contributed by atoms with E-state index in [2.05, 4.69) is 51.0 Å². The smallest absolute Gasteiger partial charge is 0.247 e. The van der Waals surface area contributed by atoms with Crippen molar-refractivity contribution in [3.63, 3.8) is 0 Å². The number of benzene rings is 1. The van der Waals surface area contributed by atoms with E-state index in [1.54, 1.807) is 9.42 Å². The zero-order valence-electron chi connectivity index (χ0n) is 18.6. The lowest BCUT2D eigenvalue weighted by Gasteiger charge is -2.22. The first-order valence-electron chi connectivity index (χ1n) is 10.4. The summed E-state index contributed by atoms with van der Waals surface area (Å²) in [5.41, 5.74) is 2.86. The lowest BCUT2D eigenvalue weighted by atomic mass is 9.86. The van der Waals surface area contributed by atoms with Crippen LogP contribution >= 0.6 is 15.9 Å². The number of hydrogen-bond donors (Lipinski definition) is 1. The van der Waals surface area contributed by atoms with Crippen LogP contribution in [-0.4, -0.2) is 41.9 Å². The van der Waals surface area contributed by atoms with Crippen LogP contribution in [0.3, 0.4) is 0 Å². The minimum Gasteiger partial charge on any atom is -0.361 e. The molecule has 0 aliphatic carbocycles. The predicted octanol–water partition coefficient (Wildman–Crippen LogP) is 5.17. The van der Waals surface area contributed by atoms with E-state index in [9.17, 15) is 4.79 Å². The zero-order chi connectivity index (χ0) is 22.4. The van der Waals surface area contributed by atoms with Crippen LogP contribution < -0.4 is 10.2 Å². The van der Waals surface area contributed by atoms with Crippen molar-refractivity contribution in [1.29, 1.82) is 0 Å². The van der Waals surface area contributed by atoms with Crippen molar-refractivity contribution in [2.45, 2.75) is 44.9 Å². The van der Waals surface area contributed by atoms with E-state index in [-0.39, 0.29) is 12.6 Å². The van der Waals surface area contributed by atoms with Crippen molar-refractivity contribution < 1.29 is 9.53 Å². The molecule has 0 saturated heterocycles. The number of hydrogen-bond acceptors (Lipinski definition) is 5. The molecule has 1 amide bonds. The Labute approximate surface area is 191 Å². The Kier molecular flexibility index (Phi) is 5.69. The molecule has 0 bridgehead atoms. The second-order valence-corrected chi connectivity index (χ2v) is 16.1. The van der Waals surface area contributed by atoms with Gasteiger partial charge in [-0.05, 0) is 65.7 Å². The van der Waals surface area contributed by atoms with Crippen molar-refractivity contribution >= 4 is 52.9 Å². The fourth-order valence-corrected chi connectivity index (χ4v) is 4.81. The summed E-state index contributed by atoms with van der Waals surface area (Å²) >= 11 is 3.48. The van der Waals surface area contributed by atoms with Gasteiger partial charge in [-0.3, -0.25) is 9.69 Å². The number of amides is 1. The van der Waals surface area contributed by atoms with Crippen LogP contribution in [0.2, 0.25) is 25.7 Å². The molecule has 2 aromatic heterocycles. The number of anilines is 3. The topological polar surface area (TPSA) is 71.8 Å². The summed E-state index contributed by atoms with van der Waals surface area (Å²) in [4.78, 5) is 19.4. The molecule has 9 heteroatoms. The SMILES string of the molecule is CC1(C)C(=O)N(COCC[Si](C)(C)C)c2cc(Nc3nc4cccc(Br)n4n3)ccc21. The summed E-state index contributed by atoms with van der Waals surface area (Å²) in [6, 6.07) is 12.7. The quantitative estimate of drug-likeness (QED) is 0.274. The molecule has 1 aromatic carbocycles. The Hall–Kier alpha value is -2.23. The maximum atomic E-state index is 13.1. The summed E-state index contributed by atoms with van der Waals surface area (Å²) in [5, 5.41) is 7.76. The number of aromatic nitrogens is 3. The van der Waals surface area contributed by atoms with Crippen molar-refractivity contribution in [2.24, 2.45) is 0 Å². The molecule has 1 aliphatic rings. The van der Waals surface area contributed by atoms with Gasteiger partial charge in [-0.15, -0.1) is 5.10 Å². The van der Waals surface area contributed by atoms with Gasteiger partial charge in [0.05, 0.1) is 11.1 Å². The molecular formula is C22H28BrN5O2Si. The lowest BCUT2D eigenvalue weighted by Crippen LogP contribution is -2.38. The standard InChI is InChI=1S/C22H28BrN5O2Si/c1-22(2)16-10-9-15(24-21-25-19-8-6-7-18(23)28(19)26-21)13-17(16)27(20(22)29)14-30-11-12-31(3,4)5/h6-10,13H,11-12,14H2,1-5H3,(H,24,26). The van der Waals surface area contributed by atoms with Gasteiger partial charge in [0.2, 0.25) is 11.9 Å². The summed E-state index contributed by atoms with van der Waals surface area (Å²) in [5.74, 6) is 0.552. The van der Waals surface area contributed by atoms with Crippen LogP contribution in [0.25, 0.3) is 5.65 Å². The van der Waals surface area contributed by atoms with Gasteiger partial charge in [-0.1, -0.05) is 31.8 Å². The molecule has 4 rings (SSSR count). The van der Waals surface area contributed by atoms with Crippen LogP contribution in [0.5, 0.6) is 0 Å². The van der Waals surface area contributed by atoms with Gasteiger partial charge in [-0.25, -0.2) is 4.52 Å². The first-order chi connectivity index (χ1) is 14.6. The van der Waals surface area contributed by atoms with E-state index in [0.717, 1.165) is 33.2 Å². The highest BCUT2D eigenvalue weighted by molar-refractivity contribution is 9.10. The van der Waals surface area contributed by atoms with Gasteiger partial charge < -0.3 is 10.1 Å². The van der Waals surface area contributed by atoms with E-state index < -0.39 is 13.5 Å². The third kappa shape index (κ3) is 4.39. The maximum Gasteiger partial charge on any atom is 0.247 e. The molecule has 3 heterocycles. The van der Waals surface area contributed by atoms with Crippen molar-refractivity contribution in [3.05, 3.63) is 46.6 Å². The molecule has 31 heavy (non-hydrogen) atoms. The molecule has 7 nitrogen and oxygen atoms in total. The Morgan fingerprint density at radius 1 is 1.19 bits per heavy atom. The molecule has 164 valence electrons. The number of fused-ring (bicyclic) bond motifs is 2. The second-order valence-electron chi connectivity index (χ2n) is 9.62. The molecule has 1 N–H and O–H groups in total. The molecule has 0 fully saturated rings. The summed E-state index contributed by atoms with van der Waals surface area (Å²) in [7, 11) is -1.18. The van der Waals surface area contributed by atoms with Crippen molar-refractivity contribution in [1.82, 2.24) is 14.6 Å². The lowest BCUT2D eigenvalue weighted by molar-refractivity contribution is -0.123. The van der Waals surface area contributed by atoms with E-state index in [4.69, 9.17) is 4.74 Å². The average Bonchev–Trinajstić information content (AvgIpc) is 3.17. The number of carbonyl (C=O) groups is 1. The van der Waals surface area contributed by atoms with Crippen LogP contribution in [0, 0.1) is 0 Å². The van der Waals surface area contributed by atoms with E-state index in [0.29, 0.717) is 12.6 Å². The number of nitrogens with zero attached hydrogens (tertiary/aromatic N) is 4. The minimum absolute atomic E-state index is 0.0578. The van der Waals surface area contributed by atoms with E-state index in [1.165, 1.54) is 0 Å². The molecule has 0 saturated carbocycles. The van der Waals surface area contributed by atoms with Gasteiger partial charge >= 0.3 is 0 Å². The van der Waals surface area contributed by atoms with Gasteiger partial charge in [0.1, 0.15) is 11.3 Å². The van der Waals surface area contributed by atoms with Crippen molar-refractivity contribution in [2.75, 3.05) is 23.6 Å². The Bertz CT molecular complexity index is 1140. The van der Waals surface area contributed by atoms with Gasteiger partial charge in [0.25, 0.3) is 0 Å². The van der Waals surface area contributed by atoms with E-state index >= 15 is 0 Å². The number of nitrogens with one attached hydrogen (secondary N) is 1. The molecule has 0 radical (unpaired) electrons. The molecule has 1 aliphatic heterocycles. The Morgan fingerprint density at radius 3 is 2.68 bits per heavy atom. The van der Waals surface area contributed by atoms with Crippen LogP contribution in [0.15, 0.2) is 41.0 Å². The van der Waals surface area contributed by atoms with Crippen molar-refractivity contribution in [3.8, 4) is 0 Å². The van der Waals surface area contributed by atoms with Crippen LogP contribution in [0.4, 0.5) is 17.3 Å². The molecule has 0 spiro atoms. The van der Waals surface area contributed by atoms with Gasteiger partial charge in [0, 0.05) is 20.4 Å². The third-order valence-corrected chi connectivity index (χ3v) is 7.83. The Balaban J connectivity index is 1.56. The fourth-order valence-electron chi connectivity index (χ4n) is 3.64. The van der Waals surface area contributed by atoms with E-state index in [1.807, 2.05) is 50.2 Å². The normalized spacial score (nSPS) is 15.5. The van der Waals surface area contributed by atoms with Gasteiger partial charge in [-0.2, -0.15) is 4.98 Å². The molecular weight excluding hydrogens is 474 g/mol. The third-order valence-electron chi connectivity index (χ3n) is 5.53. The van der Waals surface area contributed by atoms with Gasteiger partial charge in [0.15, 0.2) is 5.65 Å². The highest BCUT2D eigenvalue weighted by Gasteiger charge is 2.44. The first kappa shape index (κ1) is 22.0. The Morgan fingerprint density at radius 2 is 1.97 bits per heavy atom. The molecule has 0 atom stereocenters. The highest BCUT2D eigenvalue weighted by atomic mass is 79.9. The molecule has 3 aromatic rings. The summed E-state index contributed by atoms with van der Waals surface area (Å²) in [6.45, 7) is 11.8. The zero-order valence-corrected chi connectivity index (χ0v) is 21.2. The minimum atomic E-state index is -1.18. The number of pyridine rings is 1.